The molecule has 2 aromatic rings. The van der Waals surface area contributed by atoms with Crippen molar-refractivity contribution in [2.24, 2.45) is 0 Å². The van der Waals surface area contributed by atoms with Gasteiger partial charge in [-0.05, 0) is 0 Å². The quantitative estimate of drug-likeness (QED) is 0.536. The first-order chi connectivity index (χ1) is 5.97. The Morgan fingerprint density at radius 2 is 1.50 bits per heavy atom. The van der Waals surface area contributed by atoms with Crippen LogP contribution in [0.2, 0.25) is 0 Å². The Balaban J connectivity index is 2.46. The van der Waals surface area contributed by atoms with E-state index in [2.05, 4.69) is 35.6 Å². The van der Waals surface area contributed by atoms with Gasteiger partial charge >= 0.3 is 0 Å². The first-order valence-electron chi connectivity index (χ1n) is 3.11. The lowest BCUT2D eigenvalue weighted by molar-refractivity contribution is 0.838. The monoisotopic (exact) mass is 161 g/mol. The van der Waals surface area contributed by atoms with Crippen LogP contribution in [0.4, 0.5) is 0 Å². The van der Waals surface area contributed by atoms with Crippen LogP contribution in [0.25, 0.3) is 11.6 Å². The number of hydrogen-bond donors (Lipinski definition) is 0. The summed E-state index contributed by atoms with van der Waals surface area (Å²) in [5.41, 5.74) is 0. The zero-order chi connectivity index (χ0) is 8.23. The van der Waals surface area contributed by atoms with E-state index in [4.69, 9.17) is 0 Å². The van der Waals surface area contributed by atoms with E-state index in [-0.39, 0.29) is 5.82 Å². The van der Waals surface area contributed by atoms with Crippen LogP contribution >= 0.6 is 0 Å². The fraction of sp³-hybridized carbons (Fsp3) is 0. The van der Waals surface area contributed by atoms with Gasteiger partial charge in [-0.15, -0.1) is 25.5 Å². The fourth-order valence-corrected chi connectivity index (χ4v) is 0.644. The summed E-state index contributed by atoms with van der Waals surface area (Å²) in [6.45, 7) is 0. The molecule has 12 heavy (non-hydrogen) atoms. The van der Waals surface area contributed by atoms with Crippen molar-refractivity contribution in [1.82, 2.24) is 35.6 Å². The Labute approximate surface area is 66.9 Å². The summed E-state index contributed by atoms with van der Waals surface area (Å²) in [5.74, 6) is 0.587. The summed E-state index contributed by atoms with van der Waals surface area (Å²) < 4.78 is 0. The summed E-state index contributed by atoms with van der Waals surface area (Å²) in [4.78, 5) is 3.87. The minimum Gasteiger partial charge on any atom is -0.230 e. The van der Waals surface area contributed by atoms with E-state index in [1.807, 2.05) is 0 Å². The lowest BCUT2D eigenvalue weighted by atomic mass is 10.6. The van der Waals surface area contributed by atoms with Crippen LogP contribution in [0.1, 0.15) is 0 Å². The molecule has 0 unspecified atom stereocenters. The van der Waals surface area contributed by atoms with Gasteiger partial charge in [0.1, 0.15) is 0 Å². The minimum absolute atomic E-state index is 0.269. The summed E-state index contributed by atoms with van der Waals surface area (Å²) >= 11 is 0. The molecule has 2 rings (SSSR count). The van der Waals surface area contributed by atoms with Gasteiger partial charge in [-0.1, -0.05) is 0 Å². The van der Waals surface area contributed by atoms with E-state index >= 15 is 0 Å². The van der Waals surface area contributed by atoms with Crippen molar-refractivity contribution in [3.8, 4) is 11.6 Å². The number of hydrogen-bond acceptors (Lipinski definition) is 7. The second-order valence-corrected chi connectivity index (χ2v) is 1.84. The van der Waals surface area contributed by atoms with Gasteiger partial charge in [0.2, 0.25) is 11.6 Å². The van der Waals surface area contributed by atoms with Crippen LogP contribution in [0.15, 0.2) is 18.7 Å². The van der Waals surface area contributed by atoms with Crippen LogP contribution < -0.4 is 0 Å². The molecule has 0 N–H and O–H groups in total. The molecule has 0 fully saturated rings. The normalized spacial score (nSPS) is 9.67. The highest BCUT2D eigenvalue weighted by molar-refractivity contribution is 5.37. The predicted molar refractivity (Wildman–Crippen MR) is 36.4 cm³/mol. The summed E-state index contributed by atoms with van der Waals surface area (Å²) in [6.07, 6.45) is 4.20. The number of aromatic nitrogens is 7. The lowest BCUT2D eigenvalue weighted by Crippen LogP contribution is -1.98. The molecule has 0 saturated heterocycles. The van der Waals surface area contributed by atoms with Crippen molar-refractivity contribution in [2.75, 3.05) is 0 Å². The molecular formula is C5H3N7. The van der Waals surface area contributed by atoms with Gasteiger partial charge in [0.15, 0.2) is 6.33 Å². The van der Waals surface area contributed by atoms with Gasteiger partial charge < -0.3 is 0 Å². The standard InChI is InChI=1S/C5H3N7/c1-2-7-10-4(6-1)5-11-8-3-9-12-5/h1-3H. The fourth-order valence-electron chi connectivity index (χ4n) is 0.644. The molecule has 0 aliphatic rings. The summed E-state index contributed by atoms with van der Waals surface area (Å²) in [6, 6.07) is 0. The molecule has 7 nitrogen and oxygen atoms in total. The summed E-state index contributed by atoms with van der Waals surface area (Å²) in [5, 5.41) is 21.7. The first-order valence-corrected chi connectivity index (χ1v) is 3.11. The Hall–Kier alpha value is -2.05. The van der Waals surface area contributed by atoms with Gasteiger partial charge in [0.25, 0.3) is 0 Å². The second-order valence-electron chi connectivity index (χ2n) is 1.84. The minimum atomic E-state index is 0.269. The highest BCUT2D eigenvalue weighted by atomic mass is 15.3. The van der Waals surface area contributed by atoms with Gasteiger partial charge in [0.05, 0.1) is 6.20 Å². The van der Waals surface area contributed by atoms with Crippen LogP contribution in [-0.4, -0.2) is 35.6 Å². The van der Waals surface area contributed by atoms with Gasteiger partial charge in [0, 0.05) is 6.20 Å². The van der Waals surface area contributed by atoms with Crippen molar-refractivity contribution in [3.63, 3.8) is 0 Å². The van der Waals surface area contributed by atoms with Crippen LogP contribution in [0.3, 0.4) is 0 Å². The molecule has 2 aromatic heterocycles. The first kappa shape index (κ1) is 6.65. The molecule has 0 aliphatic carbocycles. The smallest absolute Gasteiger partial charge is 0.230 e. The molecule has 0 spiro atoms. The molecule has 0 atom stereocenters. The molecule has 7 heteroatoms. The zero-order valence-electron chi connectivity index (χ0n) is 5.86. The molecule has 0 aromatic carbocycles. The molecule has 0 saturated carbocycles. The van der Waals surface area contributed by atoms with Crippen molar-refractivity contribution in [2.45, 2.75) is 0 Å². The van der Waals surface area contributed by atoms with Crippen LogP contribution in [0, 0.1) is 0 Å². The third-order valence-electron chi connectivity index (χ3n) is 1.09. The lowest BCUT2D eigenvalue weighted by Gasteiger charge is -1.90. The maximum atomic E-state index is 3.87. The Bertz CT molecular complexity index is 309. The number of nitrogens with zero attached hydrogens (tertiary/aromatic N) is 7. The largest absolute Gasteiger partial charge is 0.242 e. The van der Waals surface area contributed by atoms with E-state index in [1.54, 1.807) is 0 Å². The van der Waals surface area contributed by atoms with Gasteiger partial charge in [-0.2, -0.15) is 5.10 Å². The Kier molecular flexibility index (Phi) is 1.61. The van der Waals surface area contributed by atoms with Crippen LogP contribution in [-0.2, 0) is 0 Å². The average molecular weight is 161 g/mol. The van der Waals surface area contributed by atoms with Crippen molar-refractivity contribution in [3.05, 3.63) is 18.7 Å². The molecule has 0 radical (unpaired) electrons. The Morgan fingerprint density at radius 3 is 2.17 bits per heavy atom. The molecule has 58 valence electrons. The zero-order valence-corrected chi connectivity index (χ0v) is 5.86. The van der Waals surface area contributed by atoms with Gasteiger partial charge in [-0.25, -0.2) is 4.98 Å². The average Bonchev–Trinajstić information content (AvgIpc) is 2.21. The second kappa shape index (κ2) is 2.91. The Morgan fingerprint density at radius 1 is 0.750 bits per heavy atom. The third kappa shape index (κ3) is 1.19. The molecular weight excluding hydrogens is 158 g/mol. The SMILES string of the molecule is c1cnc(-c2nncnn2)nn1. The molecule has 0 amide bonds. The highest BCUT2D eigenvalue weighted by Gasteiger charge is 2.02. The van der Waals surface area contributed by atoms with Gasteiger partial charge in [-0.3, -0.25) is 0 Å². The van der Waals surface area contributed by atoms with Crippen molar-refractivity contribution >= 4 is 0 Å². The third-order valence-corrected chi connectivity index (χ3v) is 1.09. The predicted octanol–water partition coefficient (Wildman–Crippen LogP) is -0.881. The van der Waals surface area contributed by atoms with Crippen LogP contribution in [0.5, 0.6) is 0 Å². The van der Waals surface area contributed by atoms with E-state index in [0.717, 1.165) is 0 Å². The maximum absolute atomic E-state index is 3.87. The van der Waals surface area contributed by atoms with E-state index in [1.165, 1.54) is 18.7 Å². The van der Waals surface area contributed by atoms with E-state index in [0.29, 0.717) is 5.82 Å². The van der Waals surface area contributed by atoms with Crippen molar-refractivity contribution < 1.29 is 0 Å². The van der Waals surface area contributed by atoms with E-state index in [9.17, 15) is 0 Å². The molecule has 0 bridgehead atoms. The van der Waals surface area contributed by atoms with E-state index < -0.39 is 0 Å². The molecule has 0 aliphatic heterocycles. The number of rotatable bonds is 1. The summed E-state index contributed by atoms with van der Waals surface area (Å²) in [7, 11) is 0. The maximum Gasteiger partial charge on any atom is 0.242 e. The topological polar surface area (TPSA) is 90.2 Å². The molecule has 2 heterocycles. The van der Waals surface area contributed by atoms with Crippen molar-refractivity contribution in [1.29, 1.82) is 0 Å². The highest BCUT2D eigenvalue weighted by Crippen LogP contribution is 2.00.